The van der Waals surface area contributed by atoms with E-state index in [-0.39, 0.29) is 0 Å². The van der Waals surface area contributed by atoms with E-state index in [1.165, 1.54) is 5.52 Å². The van der Waals surface area contributed by atoms with Gasteiger partial charge in [-0.15, -0.1) is 10.2 Å². The van der Waals surface area contributed by atoms with Gasteiger partial charge in [-0.25, -0.2) is 5.43 Å². The van der Waals surface area contributed by atoms with Crippen LogP contribution in [0.25, 0.3) is 33.0 Å². The number of H-pyrrole nitrogens is 1. The average molecular weight is 355 g/mol. The van der Waals surface area contributed by atoms with Gasteiger partial charge in [0.15, 0.2) is 5.65 Å². The van der Waals surface area contributed by atoms with Gasteiger partial charge in [0.1, 0.15) is 5.52 Å². The maximum Gasteiger partial charge on any atom is 0.265 e. The van der Waals surface area contributed by atoms with E-state index in [2.05, 4.69) is 61.4 Å². The maximum absolute atomic E-state index is 4.47. The van der Waals surface area contributed by atoms with Gasteiger partial charge in [0.2, 0.25) is 0 Å². The van der Waals surface area contributed by atoms with Crippen LogP contribution in [-0.4, -0.2) is 30.9 Å². The topological polar surface area (TPSA) is 83.8 Å². The largest absolute Gasteiger partial charge is 0.347 e. The molecule has 5 aromatic rings. The Kier molecular flexibility index (Phi) is 3.39. The standard InChI is InChI=1S/C20H17N7/c1-12-15(13-7-4-6-10-17(13)27(12)2)11-21-25-20-23-19-18(24-26-20)14-8-3-5-9-16(14)22-19/h3-11H,1-2H3,(H2,22,23,25,26). The summed E-state index contributed by atoms with van der Waals surface area (Å²) in [5, 5.41) is 14.9. The van der Waals surface area contributed by atoms with E-state index in [1.54, 1.807) is 6.21 Å². The molecular formula is C20H17N7. The van der Waals surface area contributed by atoms with Gasteiger partial charge in [-0.1, -0.05) is 36.4 Å². The second-order valence-electron chi connectivity index (χ2n) is 6.45. The summed E-state index contributed by atoms with van der Waals surface area (Å²) >= 11 is 0. The summed E-state index contributed by atoms with van der Waals surface area (Å²) in [5.41, 5.74) is 8.70. The number of para-hydroxylation sites is 2. The molecule has 27 heavy (non-hydrogen) atoms. The van der Waals surface area contributed by atoms with Gasteiger partial charge >= 0.3 is 0 Å². The average Bonchev–Trinajstić information content (AvgIpc) is 3.18. The van der Waals surface area contributed by atoms with Gasteiger partial charge < -0.3 is 9.55 Å². The Morgan fingerprint density at radius 1 is 1.04 bits per heavy atom. The fourth-order valence-corrected chi connectivity index (χ4v) is 3.44. The third-order valence-electron chi connectivity index (χ3n) is 4.93. The van der Waals surface area contributed by atoms with E-state index in [4.69, 9.17) is 0 Å². The Morgan fingerprint density at radius 2 is 1.81 bits per heavy atom. The molecule has 0 unspecified atom stereocenters. The van der Waals surface area contributed by atoms with E-state index >= 15 is 0 Å². The maximum atomic E-state index is 4.47. The van der Waals surface area contributed by atoms with Crippen molar-refractivity contribution in [1.82, 2.24) is 24.7 Å². The first-order valence-electron chi connectivity index (χ1n) is 8.66. The smallest absolute Gasteiger partial charge is 0.265 e. The number of aryl methyl sites for hydroxylation is 1. The van der Waals surface area contributed by atoms with Gasteiger partial charge in [0.05, 0.1) is 6.21 Å². The van der Waals surface area contributed by atoms with Gasteiger partial charge in [0.25, 0.3) is 5.95 Å². The van der Waals surface area contributed by atoms with Crippen molar-refractivity contribution in [3.05, 3.63) is 59.8 Å². The van der Waals surface area contributed by atoms with Crippen LogP contribution in [0.15, 0.2) is 53.6 Å². The molecule has 0 saturated heterocycles. The summed E-state index contributed by atoms with van der Waals surface area (Å²) in [5.74, 6) is 0.350. The lowest BCUT2D eigenvalue weighted by atomic mass is 10.1. The number of fused-ring (bicyclic) bond motifs is 4. The number of aromatic amines is 1. The molecule has 3 aromatic heterocycles. The third kappa shape index (κ3) is 2.43. The van der Waals surface area contributed by atoms with Crippen molar-refractivity contribution in [2.45, 2.75) is 6.92 Å². The highest BCUT2D eigenvalue weighted by Crippen LogP contribution is 2.24. The molecule has 0 amide bonds. The molecule has 0 aliphatic carbocycles. The lowest BCUT2D eigenvalue weighted by Gasteiger charge is -1.98. The Balaban J connectivity index is 1.48. The molecular weight excluding hydrogens is 338 g/mol. The SMILES string of the molecule is Cc1c(C=NNc2nnc3c(n2)[nH]c2ccccc23)c2ccccc2n1C. The highest BCUT2D eigenvalue weighted by molar-refractivity contribution is 6.03. The lowest BCUT2D eigenvalue weighted by molar-refractivity contribution is 0.916. The van der Waals surface area contributed by atoms with Crippen molar-refractivity contribution in [1.29, 1.82) is 0 Å². The first kappa shape index (κ1) is 15.5. The minimum atomic E-state index is 0.350. The molecule has 0 atom stereocenters. The number of hydrogen-bond donors (Lipinski definition) is 2. The highest BCUT2D eigenvalue weighted by Gasteiger charge is 2.10. The van der Waals surface area contributed by atoms with Crippen LogP contribution in [0.3, 0.4) is 0 Å². The van der Waals surface area contributed by atoms with Crippen LogP contribution in [0, 0.1) is 6.92 Å². The van der Waals surface area contributed by atoms with Crippen molar-refractivity contribution in [2.24, 2.45) is 12.1 Å². The van der Waals surface area contributed by atoms with Crippen LogP contribution in [0.2, 0.25) is 0 Å². The zero-order valence-electron chi connectivity index (χ0n) is 14.9. The number of nitrogens with zero attached hydrogens (tertiary/aromatic N) is 5. The number of hydrogen-bond acceptors (Lipinski definition) is 5. The fraction of sp³-hybridized carbons (Fsp3) is 0.100. The monoisotopic (exact) mass is 355 g/mol. The molecule has 2 N–H and O–H groups in total. The van der Waals surface area contributed by atoms with E-state index in [1.807, 2.05) is 36.4 Å². The Bertz CT molecular complexity index is 1330. The van der Waals surface area contributed by atoms with Crippen molar-refractivity contribution in [3.63, 3.8) is 0 Å². The van der Waals surface area contributed by atoms with Crippen LogP contribution in [0.1, 0.15) is 11.3 Å². The van der Waals surface area contributed by atoms with E-state index < -0.39 is 0 Å². The first-order valence-corrected chi connectivity index (χ1v) is 8.66. The molecule has 0 bridgehead atoms. The zero-order valence-corrected chi connectivity index (χ0v) is 14.9. The fourth-order valence-electron chi connectivity index (χ4n) is 3.44. The normalized spacial score (nSPS) is 11.9. The summed E-state index contributed by atoms with van der Waals surface area (Å²) in [6.45, 7) is 2.08. The van der Waals surface area contributed by atoms with Gasteiger partial charge in [-0.05, 0) is 19.1 Å². The molecule has 7 nitrogen and oxygen atoms in total. The zero-order chi connectivity index (χ0) is 18.4. The Hall–Kier alpha value is -3.74. The van der Waals surface area contributed by atoms with Crippen molar-refractivity contribution >= 4 is 45.1 Å². The number of nitrogens with one attached hydrogen (secondary N) is 2. The minimum absolute atomic E-state index is 0.350. The number of aromatic nitrogens is 5. The molecule has 0 aliphatic heterocycles. The van der Waals surface area contributed by atoms with Crippen molar-refractivity contribution in [3.8, 4) is 0 Å². The van der Waals surface area contributed by atoms with Gasteiger partial charge in [0, 0.05) is 40.1 Å². The molecule has 0 aliphatic rings. The number of benzene rings is 2. The molecule has 2 aromatic carbocycles. The molecule has 5 rings (SSSR count). The van der Waals surface area contributed by atoms with Gasteiger partial charge in [-0.2, -0.15) is 10.1 Å². The van der Waals surface area contributed by atoms with Crippen molar-refractivity contribution < 1.29 is 0 Å². The van der Waals surface area contributed by atoms with Crippen LogP contribution in [-0.2, 0) is 7.05 Å². The second-order valence-corrected chi connectivity index (χ2v) is 6.45. The molecule has 132 valence electrons. The molecule has 0 fully saturated rings. The second kappa shape index (κ2) is 5.91. The van der Waals surface area contributed by atoms with E-state index in [0.29, 0.717) is 11.6 Å². The highest BCUT2D eigenvalue weighted by atomic mass is 15.4. The lowest BCUT2D eigenvalue weighted by Crippen LogP contribution is -1.99. The molecule has 0 saturated carbocycles. The van der Waals surface area contributed by atoms with Crippen LogP contribution < -0.4 is 5.43 Å². The number of rotatable bonds is 3. The molecule has 3 heterocycles. The van der Waals surface area contributed by atoms with Crippen LogP contribution >= 0.6 is 0 Å². The number of hydrazone groups is 1. The summed E-state index contributed by atoms with van der Waals surface area (Å²) in [7, 11) is 2.05. The molecule has 0 spiro atoms. The quantitative estimate of drug-likeness (QED) is 0.381. The molecule has 0 radical (unpaired) electrons. The van der Waals surface area contributed by atoms with Crippen LogP contribution in [0.5, 0.6) is 0 Å². The predicted octanol–water partition coefficient (Wildman–Crippen LogP) is 3.75. The summed E-state index contributed by atoms with van der Waals surface area (Å²) in [4.78, 5) is 7.73. The summed E-state index contributed by atoms with van der Waals surface area (Å²) in [6.07, 6.45) is 1.80. The van der Waals surface area contributed by atoms with E-state index in [0.717, 1.165) is 33.1 Å². The van der Waals surface area contributed by atoms with E-state index in [9.17, 15) is 0 Å². The predicted molar refractivity (Wildman–Crippen MR) is 108 cm³/mol. The van der Waals surface area contributed by atoms with Gasteiger partial charge in [-0.3, -0.25) is 0 Å². The minimum Gasteiger partial charge on any atom is -0.347 e. The Labute approximate surface area is 154 Å². The molecule has 7 heteroatoms. The summed E-state index contributed by atoms with van der Waals surface area (Å²) < 4.78 is 2.16. The first-order chi connectivity index (χ1) is 13.2. The summed E-state index contributed by atoms with van der Waals surface area (Å²) in [6, 6.07) is 16.2. The Morgan fingerprint density at radius 3 is 2.70 bits per heavy atom. The number of anilines is 1. The third-order valence-corrected chi connectivity index (χ3v) is 4.93. The van der Waals surface area contributed by atoms with Crippen molar-refractivity contribution in [2.75, 3.05) is 5.43 Å². The van der Waals surface area contributed by atoms with Crippen LogP contribution in [0.4, 0.5) is 5.95 Å².